The molecule has 3 nitrogen and oxygen atoms in total. The van der Waals surface area contributed by atoms with Gasteiger partial charge in [-0.2, -0.15) is 0 Å². The van der Waals surface area contributed by atoms with Crippen LogP contribution in [0.5, 0.6) is 0 Å². The first-order valence-electron chi connectivity index (χ1n) is 5.54. The molecular weight excluding hydrogens is 200 g/mol. The summed E-state index contributed by atoms with van der Waals surface area (Å²) < 4.78 is 0. The lowest BCUT2D eigenvalue weighted by Gasteiger charge is -2.19. The van der Waals surface area contributed by atoms with E-state index < -0.39 is 0 Å². The van der Waals surface area contributed by atoms with Crippen LogP contribution in [0.4, 0.5) is 0 Å². The Balaban J connectivity index is 2.61. The van der Waals surface area contributed by atoms with Crippen molar-refractivity contribution < 1.29 is 4.79 Å². The summed E-state index contributed by atoms with van der Waals surface area (Å²) >= 11 is 0. The number of hydrogen-bond acceptors (Lipinski definition) is 2. The number of nitrogens with two attached hydrogens (primary N) is 1. The SMILES string of the molecule is Cc1ccccc1CC(=O)N(C)CC(C)N. The third kappa shape index (κ3) is 3.66. The third-order valence-electron chi connectivity index (χ3n) is 2.59. The van der Waals surface area contributed by atoms with Crippen molar-refractivity contribution in [3.8, 4) is 0 Å². The molecule has 0 aromatic heterocycles. The molecule has 88 valence electrons. The van der Waals surface area contributed by atoms with E-state index in [4.69, 9.17) is 5.73 Å². The van der Waals surface area contributed by atoms with Gasteiger partial charge in [0.25, 0.3) is 0 Å². The highest BCUT2D eigenvalue weighted by atomic mass is 16.2. The quantitative estimate of drug-likeness (QED) is 0.832. The number of rotatable bonds is 4. The van der Waals surface area contributed by atoms with Gasteiger partial charge < -0.3 is 10.6 Å². The molecule has 1 rings (SSSR count). The zero-order valence-corrected chi connectivity index (χ0v) is 10.2. The molecule has 3 heteroatoms. The van der Waals surface area contributed by atoms with Gasteiger partial charge in [-0.15, -0.1) is 0 Å². The molecule has 1 amide bonds. The Morgan fingerprint density at radius 3 is 2.62 bits per heavy atom. The summed E-state index contributed by atoms with van der Waals surface area (Å²) in [7, 11) is 1.80. The minimum Gasteiger partial charge on any atom is -0.344 e. The lowest BCUT2D eigenvalue weighted by Crippen LogP contribution is -2.37. The highest BCUT2D eigenvalue weighted by Gasteiger charge is 2.11. The van der Waals surface area contributed by atoms with E-state index in [1.165, 1.54) is 0 Å². The molecule has 0 heterocycles. The second kappa shape index (κ2) is 5.66. The molecule has 0 fully saturated rings. The van der Waals surface area contributed by atoms with Crippen LogP contribution in [0.3, 0.4) is 0 Å². The van der Waals surface area contributed by atoms with Crippen LogP contribution < -0.4 is 5.73 Å². The molecule has 2 N–H and O–H groups in total. The topological polar surface area (TPSA) is 46.3 Å². The fourth-order valence-corrected chi connectivity index (χ4v) is 1.64. The van der Waals surface area contributed by atoms with Crippen molar-refractivity contribution >= 4 is 5.91 Å². The van der Waals surface area contributed by atoms with Crippen LogP contribution in [0.25, 0.3) is 0 Å². The Hall–Kier alpha value is -1.35. The van der Waals surface area contributed by atoms with Crippen molar-refractivity contribution in [2.45, 2.75) is 26.3 Å². The van der Waals surface area contributed by atoms with Crippen molar-refractivity contribution in [1.29, 1.82) is 0 Å². The lowest BCUT2D eigenvalue weighted by molar-refractivity contribution is -0.129. The average molecular weight is 220 g/mol. The van der Waals surface area contributed by atoms with Crippen LogP contribution in [0, 0.1) is 6.92 Å². The first kappa shape index (κ1) is 12.7. The van der Waals surface area contributed by atoms with E-state index in [0.717, 1.165) is 11.1 Å². The van der Waals surface area contributed by atoms with Crippen LogP contribution in [0.2, 0.25) is 0 Å². The molecule has 0 saturated heterocycles. The Bertz CT molecular complexity index is 361. The molecule has 1 aromatic rings. The van der Waals surface area contributed by atoms with Crippen molar-refractivity contribution in [3.63, 3.8) is 0 Å². The Morgan fingerprint density at radius 2 is 2.06 bits per heavy atom. The summed E-state index contributed by atoms with van der Waals surface area (Å²) in [5.41, 5.74) is 7.91. The Morgan fingerprint density at radius 1 is 1.44 bits per heavy atom. The number of likely N-dealkylation sites (N-methyl/N-ethyl adjacent to an activating group) is 1. The van der Waals surface area contributed by atoms with Gasteiger partial charge in [0, 0.05) is 19.6 Å². The largest absolute Gasteiger partial charge is 0.344 e. The molecule has 0 bridgehead atoms. The maximum atomic E-state index is 11.9. The number of aryl methyl sites for hydroxylation is 1. The fourth-order valence-electron chi connectivity index (χ4n) is 1.64. The van der Waals surface area contributed by atoms with Crippen molar-refractivity contribution in [3.05, 3.63) is 35.4 Å². The van der Waals surface area contributed by atoms with E-state index in [1.54, 1.807) is 11.9 Å². The molecule has 0 spiro atoms. The highest BCUT2D eigenvalue weighted by molar-refractivity contribution is 5.78. The molecule has 1 unspecified atom stereocenters. The number of benzene rings is 1. The molecular formula is C13H20N2O. The first-order chi connectivity index (χ1) is 7.50. The first-order valence-corrected chi connectivity index (χ1v) is 5.54. The van der Waals surface area contributed by atoms with Gasteiger partial charge >= 0.3 is 0 Å². The van der Waals surface area contributed by atoms with Gasteiger partial charge in [-0.05, 0) is 25.0 Å². The summed E-state index contributed by atoms with van der Waals surface area (Å²) in [5, 5.41) is 0. The smallest absolute Gasteiger partial charge is 0.226 e. The standard InChI is InChI=1S/C13H20N2O/c1-10-6-4-5-7-12(10)8-13(16)15(3)9-11(2)14/h4-7,11H,8-9,14H2,1-3H3. The summed E-state index contributed by atoms with van der Waals surface area (Å²) in [5.74, 6) is 0.117. The molecule has 0 aliphatic heterocycles. The van der Waals surface area contributed by atoms with E-state index in [0.29, 0.717) is 13.0 Å². The predicted octanol–water partition coefficient (Wildman–Crippen LogP) is 1.34. The molecule has 0 aliphatic rings. The maximum Gasteiger partial charge on any atom is 0.226 e. The minimum atomic E-state index is 0.0193. The summed E-state index contributed by atoms with van der Waals surface area (Å²) in [4.78, 5) is 13.6. The van der Waals surface area contributed by atoms with E-state index in [2.05, 4.69) is 0 Å². The van der Waals surface area contributed by atoms with Crippen LogP contribution in [-0.2, 0) is 11.2 Å². The van der Waals surface area contributed by atoms with Gasteiger partial charge in [0.05, 0.1) is 6.42 Å². The Labute approximate surface area is 97.2 Å². The van der Waals surface area contributed by atoms with Crippen molar-refractivity contribution in [2.75, 3.05) is 13.6 Å². The van der Waals surface area contributed by atoms with E-state index in [1.807, 2.05) is 38.1 Å². The summed E-state index contributed by atoms with van der Waals surface area (Å²) in [6.45, 7) is 4.52. The molecule has 0 saturated carbocycles. The number of carbonyl (C=O) groups is 1. The third-order valence-corrected chi connectivity index (χ3v) is 2.59. The summed E-state index contributed by atoms with van der Waals surface area (Å²) in [6.07, 6.45) is 0.454. The van der Waals surface area contributed by atoms with Crippen LogP contribution in [-0.4, -0.2) is 30.4 Å². The van der Waals surface area contributed by atoms with Crippen molar-refractivity contribution in [1.82, 2.24) is 4.90 Å². The monoisotopic (exact) mass is 220 g/mol. The molecule has 1 aromatic carbocycles. The van der Waals surface area contributed by atoms with Crippen LogP contribution in [0.15, 0.2) is 24.3 Å². The molecule has 0 aliphatic carbocycles. The zero-order chi connectivity index (χ0) is 12.1. The van der Waals surface area contributed by atoms with Gasteiger partial charge in [0.15, 0.2) is 0 Å². The Kier molecular flexibility index (Phi) is 4.50. The zero-order valence-electron chi connectivity index (χ0n) is 10.2. The van der Waals surface area contributed by atoms with Gasteiger partial charge in [-0.3, -0.25) is 4.79 Å². The second-order valence-electron chi connectivity index (χ2n) is 4.35. The van der Waals surface area contributed by atoms with Gasteiger partial charge in [0.1, 0.15) is 0 Å². The second-order valence-corrected chi connectivity index (χ2v) is 4.35. The van der Waals surface area contributed by atoms with Gasteiger partial charge in [0.2, 0.25) is 5.91 Å². The van der Waals surface area contributed by atoms with Crippen LogP contribution >= 0.6 is 0 Å². The molecule has 16 heavy (non-hydrogen) atoms. The average Bonchev–Trinajstić information content (AvgIpc) is 2.20. The minimum absolute atomic E-state index is 0.0193. The van der Waals surface area contributed by atoms with Crippen molar-refractivity contribution in [2.24, 2.45) is 5.73 Å². The molecule has 1 atom stereocenters. The highest BCUT2D eigenvalue weighted by Crippen LogP contribution is 2.08. The maximum absolute atomic E-state index is 11.9. The normalized spacial score (nSPS) is 12.2. The van der Waals surface area contributed by atoms with E-state index >= 15 is 0 Å². The number of nitrogens with zero attached hydrogens (tertiary/aromatic N) is 1. The van der Waals surface area contributed by atoms with E-state index in [9.17, 15) is 4.79 Å². The van der Waals surface area contributed by atoms with Crippen LogP contribution in [0.1, 0.15) is 18.1 Å². The van der Waals surface area contributed by atoms with Gasteiger partial charge in [-0.25, -0.2) is 0 Å². The predicted molar refractivity (Wildman–Crippen MR) is 66.2 cm³/mol. The number of carbonyl (C=O) groups excluding carboxylic acids is 1. The van der Waals surface area contributed by atoms with Gasteiger partial charge in [-0.1, -0.05) is 24.3 Å². The van der Waals surface area contributed by atoms with E-state index in [-0.39, 0.29) is 11.9 Å². The number of hydrogen-bond donors (Lipinski definition) is 1. The lowest BCUT2D eigenvalue weighted by atomic mass is 10.1. The fraction of sp³-hybridized carbons (Fsp3) is 0.462. The number of amides is 1. The molecule has 0 radical (unpaired) electrons. The summed E-state index contributed by atoms with van der Waals surface area (Å²) in [6, 6.07) is 7.97.